The number of carbonyl (C=O) groups is 2. The number of furan rings is 1. The van der Waals surface area contributed by atoms with Crippen LogP contribution < -0.4 is 9.46 Å². The smallest absolute Gasteiger partial charge is 0.363 e. The first kappa shape index (κ1) is 21.5. The standard InChI is InChI=1S/C22H21NO6S/c1-14(2)20(21(24)25)23-30(27)19-9-5-16(6-10-19)15-3-7-18(8-4-15)29-22(26)17-11-12-28-13-17/h3-14,20,23H,1-2H3,(H,24,25)/p+1/t20-,30?/m1/s1. The van der Waals surface area contributed by atoms with Crippen LogP contribution in [0.5, 0.6) is 5.75 Å². The van der Waals surface area contributed by atoms with Gasteiger partial charge in [-0.3, -0.25) is 0 Å². The Morgan fingerprint density at radius 3 is 2.10 bits per heavy atom. The number of hydrogen-bond acceptors (Lipinski definition) is 5. The van der Waals surface area contributed by atoms with Crippen molar-refractivity contribution in [1.82, 2.24) is 0 Å². The molecule has 0 radical (unpaired) electrons. The van der Waals surface area contributed by atoms with E-state index in [2.05, 4.69) is 0 Å². The molecule has 3 rings (SSSR count). The number of quaternary nitrogens is 1. The maximum absolute atomic E-state index is 12.5. The van der Waals surface area contributed by atoms with E-state index in [4.69, 9.17) is 9.15 Å². The fourth-order valence-electron chi connectivity index (χ4n) is 2.76. The van der Waals surface area contributed by atoms with Crippen LogP contribution in [-0.2, 0) is 15.8 Å². The second-order valence-electron chi connectivity index (χ2n) is 6.99. The lowest BCUT2D eigenvalue weighted by Gasteiger charge is -2.13. The molecule has 1 heterocycles. The average molecular weight is 428 g/mol. The molecule has 0 aliphatic carbocycles. The third-order valence-electron chi connectivity index (χ3n) is 4.52. The monoisotopic (exact) mass is 428 g/mol. The maximum Gasteiger partial charge on any atom is 0.363 e. The van der Waals surface area contributed by atoms with E-state index in [0.717, 1.165) is 11.1 Å². The van der Waals surface area contributed by atoms with Crippen LogP contribution in [0.1, 0.15) is 24.2 Å². The van der Waals surface area contributed by atoms with Gasteiger partial charge in [-0.05, 0) is 41.5 Å². The van der Waals surface area contributed by atoms with E-state index >= 15 is 0 Å². The molecule has 8 heteroatoms. The van der Waals surface area contributed by atoms with E-state index in [1.807, 2.05) is 24.3 Å². The average Bonchev–Trinajstić information content (AvgIpc) is 3.27. The summed E-state index contributed by atoms with van der Waals surface area (Å²) in [7, 11) is -1.52. The number of carboxylic acids is 1. The minimum Gasteiger partial charge on any atom is -0.477 e. The molecule has 0 saturated carbocycles. The molecule has 0 bridgehead atoms. The summed E-state index contributed by atoms with van der Waals surface area (Å²) >= 11 is 0. The van der Waals surface area contributed by atoms with Gasteiger partial charge in [-0.1, -0.05) is 38.1 Å². The van der Waals surface area contributed by atoms with Crippen LogP contribution in [0.3, 0.4) is 0 Å². The number of nitrogens with two attached hydrogens (primary N) is 1. The quantitative estimate of drug-likeness (QED) is 0.422. The van der Waals surface area contributed by atoms with Crippen molar-refractivity contribution in [3.63, 3.8) is 0 Å². The molecule has 2 atom stereocenters. The highest BCUT2D eigenvalue weighted by atomic mass is 32.2. The number of aliphatic carboxylic acids is 1. The van der Waals surface area contributed by atoms with Crippen molar-refractivity contribution in [3.05, 3.63) is 72.7 Å². The zero-order chi connectivity index (χ0) is 21.7. The summed E-state index contributed by atoms with van der Waals surface area (Å²) < 4.78 is 24.0. The highest BCUT2D eigenvalue weighted by molar-refractivity contribution is 7.78. The van der Waals surface area contributed by atoms with E-state index in [-0.39, 0.29) is 5.92 Å². The first-order valence-corrected chi connectivity index (χ1v) is 10.5. The van der Waals surface area contributed by atoms with Crippen molar-refractivity contribution in [3.8, 4) is 16.9 Å². The van der Waals surface area contributed by atoms with Crippen LogP contribution in [-0.4, -0.2) is 27.3 Å². The van der Waals surface area contributed by atoms with Crippen molar-refractivity contribution >= 4 is 22.9 Å². The van der Waals surface area contributed by atoms with Gasteiger partial charge in [0.05, 0.1) is 16.7 Å². The Bertz CT molecular complexity index is 1030. The first-order chi connectivity index (χ1) is 14.3. The van der Waals surface area contributed by atoms with Gasteiger partial charge in [0.25, 0.3) is 0 Å². The van der Waals surface area contributed by atoms with Gasteiger partial charge < -0.3 is 14.3 Å². The fourth-order valence-corrected chi connectivity index (χ4v) is 4.01. The Morgan fingerprint density at radius 2 is 1.60 bits per heavy atom. The predicted octanol–water partition coefficient (Wildman–Crippen LogP) is 2.86. The molecule has 0 aliphatic rings. The maximum atomic E-state index is 12.5. The predicted molar refractivity (Wildman–Crippen MR) is 110 cm³/mol. The molecular formula is C22H22NO6S+. The van der Waals surface area contributed by atoms with E-state index in [1.54, 1.807) is 38.1 Å². The van der Waals surface area contributed by atoms with Crippen molar-refractivity contribution in [1.29, 1.82) is 0 Å². The van der Waals surface area contributed by atoms with Crippen molar-refractivity contribution in [2.75, 3.05) is 0 Å². The lowest BCUT2D eigenvalue weighted by molar-refractivity contribution is -0.529. The van der Waals surface area contributed by atoms with Crippen LogP contribution in [0.15, 0.2) is 76.4 Å². The Labute approximate surface area is 176 Å². The Hall–Kier alpha value is -3.23. The van der Waals surface area contributed by atoms with Gasteiger partial charge in [0.1, 0.15) is 12.0 Å². The van der Waals surface area contributed by atoms with E-state index in [0.29, 0.717) is 16.2 Å². The number of carboxylic acid groups (broad SMARTS) is 1. The molecule has 3 N–H and O–H groups in total. The second kappa shape index (κ2) is 9.51. The lowest BCUT2D eigenvalue weighted by atomic mass is 10.1. The number of benzene rings is 2. The van der Waals surface area contributed by atoms with Crippen LogP contribution in [0.4, 0.5) is 0 Å². The van der Waals surface area contributed by atoms with Crippen molar-refractivity contribution in [2.45, 2.75) is 24.8 Å². The van der Waals surface area contributed by atoms with E-state index < -0.39 is 29.0 Å². The fraction of sp³-hybridized carbons (Fsp3) is 0.182. The minimum absolute atomic E-state index is 0.146. The molecule has 3 aromatic rings. The molecular weight excluding hydrogens is 406 g/mol. The third kappa shape index (κ3) is 5.22. The highest BCUT2D eigenvalue weighted by Crippen LogP contribution is 2.24. The van der Waals surface area contributed by atoms with Crippen LogP contribution in [0.25, 0.3) is 11.1 Å². The summed E-state index contributed by atoms with van der Waals surface area (Å²) in [5.41, 5.74) is 2.12. The van der Waals surface area contributed by atoms with Gasteiger partial charge in [0.15, 0.2) is 6.04 Å². The minimum atomic E-state index is -1.52. The Balaban J connectivity index is 1.66. The Kier molecular flexibility index (Phi) is 6.81. The topological polar surface area (TPSA) is 110 Å². The molecule has 0 aliphatic heterocycles. The molecule has 0 amide bonds. The SMILES string of the molecule is CC(C)[C@@H]([NH2+]S(=O)c1ccc(-c2ccc(OC(=O)c3ccoc3)cc2)cc1)C(=O)O. The summed E-state index contributed by atoms with van der Waals surface area (Å²) in [6, 6.07) is 14.8. The zero-order valence-corrected chi connectivity index (χ0v) is 17.3. The van der Waals surface area contributed by atoms with Gasteiger partial charge in [-0.25, -0.2) is 14.3 Å². The molecule has 2 aromatic carbocycles. The number of rotatable bonds is 8. The van der Waals surface area contributed by atoms with Crippen LogP contribution in [0, 0.1) is 5.92 Å². The van der Waals surface area contributed by atoms with Crippen molar-refractivity contribution < 1.29 is 32.8 Å². The molecule has 0 fully saturated rings. The largest absolute Gasteiger partial charge is 0.477 e. The van der Waals surface area contributed by atoms with E-state index in [9.17, 15) is 18.9 Å². The lowest BCUT2D eigenvalue weighted by Crippen LogP contribution is -2.93. The summed E-state index contributed by atoms with van der Waals surface area (Å²) in [6.07, 6.45) is 2.72. The first-order valence-electron chi connectivity index (χ1n) is 9.28. The molecule has 1 aromatic heterocycles. The summed E-state index contributed by atoms with van der Waals surface area (Å²) in [4.78, 5) is 23.8. The number of ether oxygens (including phenoxy) is 1. The molecule has 0 saturated heterocycles. The van der Waals surface area contributed by atoms with Gasteiger partial charge >= 0.3 is 11.9 Å². The highest BCUT2D eigenvalue weighted by Gasteiger charge is 2.28. The molecule has 30 heavy (non-hydrogen) atoms. The summed E-state index contributed by atoms with van der Waals surface area (Å²) in [5, 5.41) is 9.26. The van der Waals surface area contributed by atoms with Crippen LogP contribution >= 0.6 is 0 Å². The number of carbonyl (C=O) groups excluding carboxylic acids is 1. The van der Waals surface area contributed by atoms with Crippen molar-refractivity contribution in [2.24, 2.45) is 5.92 Å². The Morgan fingerprint density at radius 1 is 1.00 bits per heavy atom. The van der Waals surface area contributed by atoms with Gasteiger partial charge in [-0.15, -0.1) is 0 Å². The van der Waals surface area contributed by atoms with Gasteiger partial charge in [0.2, 0.25) is 11.0 Å². The van der Waals surface area contributed by atoms with Gasteiger partial charge in [0, 0.05) is 5.92 Å². The number of esters is 1. The van der Waals surface area contributed by atoms with Gasteiger partial charge in [-0.2, -0.15) is 4.21 Å². The van der Waals surface area contributed by atoms with Crippen LogP contribution in [0.2, 0.25) is 0 Å². The second-order valence-corrected chi connectivity index (χ2v) is 8.33. The zero-order valence-electron chi connectivity index (χ0n) is 16.5. The third-order valence-corrected chi connectivity index (χ3v) is 5.79. The molecule has 0 spiro atoms. The summed E-state index contributed by atoms with van der Waals surface area (Å²) in [6.45, 7) is 3.57. The normalized spacial score (nSPS) is 13.0. The summed E-state index contributed by atoms with van der Waals surface area (Å²) in [5.74, 6) is -1.22. The molecule has 156 valence electrons. The number of hydrogen-bond donors (Lipinski definition) is 2. The molecule has 1 unspecified atom stereocenters. The van der Waals surface area contributed by atoms with E-state index in [1.165, 1.54) is 23.3 Å². The molecule has 7 nitrogen and oxygen atoms in total.